The maximum Gasteiger partial charge on any atom is 0.119 e. The summed E-state index contributed by atoms with van der Waals surface area (Å²) in [7, 11) is 1.65. The molecule has 1 aromatic heterocycles. The van der Waals surface area contributed by atoms with Crippen molar-refractivity contribution in [3.8, 4) is 22.3 Å². The van der Waals surface area contributed by atoms with Crippen LogP contribution < -0.4 is 4.74 Å². The Kier molecular flexibility index (Phi) is 3.40. The topological polar surface area (TPSA) is 45.9 Å². The largest absolute Gasteiger partial charge is 0.497 e. The van der Waals surface area contributed by atoms with Crippen molar-refractivity contribution in [1.82, 2.24) is 4.98 Å². The fourth-order valence-corrected chi connectivity index (χ4v) is 2.62. The maximum absolute atomic E-state index is 8.67. The van der Waals surface area contributed by atoms with E-state index in [1.54, 1.807) is 18.4 Å². The van der Waals surface area contributed by atoms with Gasteiger partial charge in [0.15, 0.2) is 0 Å². The van der Waals surface area contributed by atoms with Crippen LogP contribution in [0.4, 0.5) is 0 Å². The predicted molar refractivity (Wildman–Crippen MR) is 68.2 cm³/mol. The highest BCUT2D eigenvalue weighted by molar-refractivity contribution is 7.15. The van der Waals surface area contributed by atoms with E-state index < -0.39 is 0 Å². The molecule has 4 heteroatoms. The zero-order chi connectivity index (χ0) is 12.3. The molecule has 0 aliphatic rings. The molecule has 1 heterocycles. The lowest BCUT2D eigenvalue weighted by Gasteiger charge is -2.02. The Morgan fingerprint density at radius 1 is 1.47 bits per heavy atom. The Bertz CT molecular complexity index is 569. The van der Waals surface area contributed by atoms with E-state index in [0.717, 1.165) is 26.9 Å². The second kappa shape index (κ2) is 4.98. The van der Waals surface area contributed by atoms with Crippen LogP contribution in [0.1, 0.15) is 10.7 Å². The Morgan fingerprint density at radius 2 is 2.29 bits per heavy atom. The molecule has 2 rings (SSSR count). The fourth-order valence-electron chi connectivity index (χ4n) is 1.63. The van der Waals surface area contributed by atoms with Gasteiger partial charge < -0.3 is 4.74 Å². The van der Waals surface area contributed by atoms with Gasteiger partial charge in [-0.2, -0.15) is 5.26 Å². The predicted octanol–water partition coefficient (Wildman–Crippen LogP) is 3.19. The van der Waals surface area contributed by atoms with Crippen LogP contribution in [0.5, 0.6) is 5.75 Å². The van der Waals surface area contributed by atoms with E-state index in [0.29, 0.717) is 6.42 Å². The van der Waals surface area contributed by atoms with Gasteiger partial charge in [0, 0.05) is 0 Å². The third kappa shape index (κ3) is 2.45. The molecule has 0 atom stereocenters. The number of nitrogens with zero attached hydrogens (tertiary/aromatic N) is 2. The normalized spacial score (nSPS) is 9.94. The van der Waals surface area contributed by atoms with Gasteiger partial charge in [0.05, 0.1) is 30.2 Å². The van der Waals surface area contributed by atoms with Gasteiger partial charge in [0.2, 0.25) is 0 Å². The lowest BCUT2D eigenvalue weighted by molar-refractivity contribution is 0.415. The highest BCUT2D eigenvalue weighted by atomic mass is 32.1. The molecule has 0 N–H and O–H groups in total. The van der Waals surface area contributed by atoms with Crippen molar-refractivity contribution in [2.45, 2.75) is 13.3 Å². The van der Waals surface area contributed by atoms with Gasteiger partial charge in [-0.3, -0.25) is 0 Å². The quantitative estimate of drug-likeness (QED) is 0.833. The van der Waals surface area contributed by atoms with Gasteiger partial charge in [-0.25, -0.2) is 4.98 Å². The Morgan fingerprint density at radius 3 is 3.00 bits per heavy atom. The number of methoxy groups -OCH3 is 1. The van der Waals surface area contributed by atoms with Crippen LogP contribution in [0.15, 0.2) is 24.3 Å². The van der Waals surface area contributed by atoms with Crippen molar-refractivity contribution >= 4 is 11.3 Å². The maximum atomic E-state index is 8.67. The summed E-state index contributed by atoms with van der Waals surface area (Å²) in [6.07, 6.45) is 0.371. The molecule has 0 aliphatic heterocycles. The van der Waals surface area contributed by atoms with Crippen LogP contribution in [0.2, 0.25) is 0 Å². The zero-order valence-electron chi connectivity index (χ0n) is 9.73. The molecular weight excluding hydrogens is 232 g/mol. The van der Waals surface area contributed by atoms with E-state index in [1.807, 2.05) is 31.2 Å². The minimum Gasteiger partial charge on any atom is -0.497 e. The first kappa shape index (κ1) is 11.6. The first-order chi connectivity index (χ1) is 8.24. The van der Waals surface area contributed by atoms with Crippen molar-refractivity contribution in [2.24, 2.45) is 0 Å². The second-order valence-electron chi connectivity index (χ2n) is 3.59. The third-order valence-corrected chi connectivity index (χ3v) is 3.61. The summed E-state index contributed by atoms with van der Waals surface area (Å²) in [6, 6.07) is 10.00. The summed E-state index contributed by atoms with van der Waals surface area (Å²) < 4.78 is 5.20. The molecule has 86 valence electrons. The molecular formula is C13H12N2OS. The molecule has 0 spiro atoms. The van der Waals surface area contributed by atoms with Crippen molar-refractivity contribution in [3.63, 3.8) is 0 Å². The third-order valence-electron chi connectivity index (χ3n) is 2.40. The average Bonchev–Trinajstić information content (AvgIpc) is 2.71. The summed E-state index contributed by atoms with van der Waals surface area (Å²) >= 11 is 1.57. The van der Waals surface area contributed by atoms with Gasteiger partial charge >= 0.3 is 0 Å². The van der Waals surface area contributed by atoms with Crippen molar-refractivity contribution in [2.75, 3.05) is 7.11 Å². The number of nitriles is 1. The highest BCUT2D eigenvalue weighted by Gasteiger charge is 2.09. The summed E-state index contributed by atoms with van der Waals surface area (Å²) in [4.78, 5) is 5.49. The van der Waals surface area contributed by atoms with Gasteiger partial charge in [-0.05, 0) is 24.6 Å². The lowest BCUT2D eigenvalue weighted by atomic mass is 10.1. The Labute approximate surface area is 104 Å². The van der Waals surface area contributed by atoms with Crippen molar-refractivity contribution < 1.29 is 4.74 Å². The average molecular weight is 244 g/mol. The molecule has 3 nitrogen and oxygen atoms in total. The molecule has 0 saturated carbocycles. The monoisotopic (exact) mass is 244 g/mol. The molecule has 0 unspecified atom stereocenters. The van der Waals surface area contributed by atoms with E-state index >= 15 is 0 Å². The number of benzene rings is 1. The standard InChI is InChI=1S/C13H12N2OS/c1-9-13(17-12(15-9)6-7-14)10-4-3-5-11(8-10)16-2/h3-5,8H,6H2,1-2H3. The van der Waals surface area contributed by atoms with Gasteiger partial charge in [-0.15, -0.1) is 11.3 Å². The van der Waals surface area contributed by atoms with E-state index in [4.69, 9.17) is 10.00 Å². The number of thiazole rings is 1. The van der Waals surface area contributed by atoms with Crippen LogP contribution in [0.25, 0.3) is 10.4 Å². The SMILES string of the molecule is COc1cccc(-c2sc(CC#N)nc2C)c1. The van der Waals surface area contributed by atoms with Crippen LogP contribution in [0, 0.1) is 18.3 Å². The van der Waals surface area contributed by atoms with Crippen LogP contribution in [-0.4, -0.2) is 12.1 Å². The minimum atomic E-state index is 0.371. The summed E-state index contributed by atoms with van der Waals surface area (Å²) in [5, 5.41) is 9.53. The Balaban J connectivity index is 2.42. The number of hydrogen-bond donors (Lipinski definition) is 0. The van der Waals surface area contributed by atoms with E-state index in [2.05, 4.69) is 11.1 Å². The van der Waals surface area contributed by atoms with E-state index in [9.17, 15) is 0 Å². The molecule has 17 heavy (non-hydrogen) atoms. The van der Waals surface area contributed by atoms with Crippen molar-refractivity contribution in [3.05, 3.63) is 35.0 Å². The van der Waals surface area contributed by atoms with Crippen molar-refractivity contribution in [1.29, 1.82) is 5.26 Å². The summed E-state index contributed by atoms with van der Waals surface area (Å²) in [5.41, 5.74) is 2.05. The number of rotatable bonds is 3. The molecule has 1 aromatic carbocycles. The molecule has 0 radical (unpaired) electrons. The summed E-state index contributed by atoms with van der Waals surface area (Å²) in [5.74, 6) is 0.831. The first-order valence-corrected chi connectivity index (χ1v) is 6.04. The summed E-state index contributed by atoms with van der Waals surface area (Å²) in [6.45, 7) is 1.96. The van der Waals surface area contributed by atoms with Crippen LogP contribution in [0.3, 0.4) is 0 Å². The van der Waals surface area contributed by atoms with Crippen LogP contribution in [-0.2, 0) is 6.42 Å². The van der Waals surface area contributed by atoms with Gasteiger partial charge in [-0.1, -0.05) is 12.1 Å². The first-order valence-electron chi connectivity index (χ1n) is 5.22. The molecule has 0 amide bonds. The van der Waals surface area contributed by atoms with E-state index in [-0.39, 0.29) is 0 Å². The molecule has 0 aliphatic carbocycles. The second-order valence-corrected chi connectivity index (χ2v) is 4.67. The molecule has 0 saturated heterocycles. The van der Waals surface area contributed by atoms with Gasteiger partial charge in [0.25, 0.3) is 0 Å². The Hall–Kier alpha value is -1.86. The molecule has 0 fully saturated rings. The number of ether oxygens (including phenoxy) is 1. The van der Waals surface area contributed by atoms with E-state index in [1.165, 1.54) is 0 Å². The highest BCUT2D eigenvalue weighted by Crippen LogP contribution is 2.32. The van der Waals surface area contributed by atoms with Gasteiger partial charge in [0.1, 0.15) is 10.8 Å². The lowest BCUT2D eigenvalue weighted by Crippen LogP contribution is -1.83. The number of aromatic nitrogens is 1. The number of hydrogen-bond acceptors (Lipinski definition) is 4. The van der Waals surface area contributed by atoms with Crippen LogP contribution >= 0.6 is 11.3 Å². The molecule has 0 bridgehead atoms. The molecule has 2 aromatic rings. The minimum absolute atomic E-state index is 0.371. The number of aryl methyl sites for hydroxylation is 1. The zero-order valence-corrected chi connectivity index (χ0v) is 10.5. The smallest absolute Gasteiger partial charge is 0.119 e. The fraction of sp³-hybridized carbons (Fsp3) is 0.231.